The monoisotopic (exact) mass is 421 g/mol. The van der Waals surface area contributed by atoms with E-state index in [4.69, 9.17) is 4.74 Å². The molecule has 2 aromatic rings. The number of amides is 1. The minimum absolute atomic E-state index is 0.0237. The highest BCUT2D eigenvalue weighted by atomic mass is 16.5. The average Bonchev–Trinajstić information content (AvgIpc) is 3.29. The molecule has 1 amide bonds. The molecule has 0 radical (unpaired) electrons. The number of rotatable bonds is 6. The zero-order valence-electron chi connectivity index (χ0n) is 17.9. The Labute approximate surface area is 183 Å². The number of nitrogens with one attached hydrogen (secondary N) is 1. The number of ether oxygens (including phenoxy) is 1. The van der Waals surface area contributed by atoms with Gasteiger partial charge in [-0.2, -0.15) is 0 Å². The summed E-state index contributed by atoms with van der Waals surface area (Å²) in [5.41, 5.74) is 5.57. The van der Waals surface area contributed by atoms with Gasteiger partial charge in [-0.15, -0.1) is 0 Å². The third-order valence-electron chi connectivity index (χ3n) is 6.69. The summed E-state index contributed by atoms with van der Waals surface area (Å²) in [6.07, 6.45) is 2.29. The van der Waals surface area contributed by atoms with Crippen molar-refractivity contribution in [1.29, 1.82) is 0 Å². The van der Waals surface area contributed by atoms with Crippen molar-refractivity contribution in [2.45, 2.75) is 38.0 Å². The molecule has 164 valence electrons. The van der Waals surface area contributed by atoms with Crippen LogP contribution in [0.25, 0.3) is 0 Å². The number of carbonyl (C=O) groups excluding carboxylic acids is 1. The van der Waals surface area contributed by atoms with Crippen LogP contribution in [0.3, 0.4) is 0 Å². The van der Waals surface area contributed by atoms with E-state index in [-0.39, 0.29) is 5.91 Å². The van der Waals surface area contributed by atoms with Crippen molar-refractivity contribution in [3.05, 3.63) is 64.7 Å². The molecule has 3 aliphatic rings. The zero-order chi connectivity index (χ0) is 21.2. The molecule has 0 bridgehead atoms. The molecule has 2 atom stereocenters. The quantitative estimate of drug-likeness (QED) is 0.749. The number of hydrogen-bond donors (Lipinski definition) is 2. The molecule has 0 spiro atoms. The maximum absolute atomic E-state index is 13.1. The van der Waals surface area contributed by atoms with Gasteiger partial charge in [0.1, 0.15) is 0 Å². The lowest BCUT2D eigenvalue weighted by Crippen LogP contribution is -2.46. The van der Waals surface area contributed by atoms with Gasteiger partial charge in [-0.25, -0.2) is 0 Å². The largest absolute Gasteiger partial charge is 0.390 e. The Bertz CT molecular complexity index is 941. The molecule has 6 nitrogen and oxygen atoms in total. The molecule has 0 aliphatic carbocycles. The van der Waals surface area contributed by atoms with Crippen LogP contribution in [0.15, 0.2) is 42.5 Å². The Hall–Kier alpha value is -2.41. The van der Waals surface area contributed by atoms with Gasteiger partial charge in [-0.3, -0.25) is 9.69 Å². The summed E-state index contributed by atoms with van der Waals surface area (Å²) in [5, 5.41) is 14.2. The summed E-state index contributed by atoms with van der Waals surface area (Å²) in [4.78, 5) is 17.3. The van der Waals surface area contributed by atoms with Crippen molar-refractivity contribution in [3.8, 4) is 0 Å². The van der Waals surface area contributed by atoms with Crippen LogP contribution in [-0.4, -0.2) is 72.4 Å². The van der Waals surface area contributed by atoms with Crippen LogP contribution in [-0.2, 0) is 24.1 Å². The first-order chi connectivity index (χ1) is 15.2. The van der Waals surface area contributed by atoms with Crippen LogP contribution in [0.5, 0.6) is 0 Å². The first-order valence-corrected chi connectivity index (χ1v) is 11.4. The second-order valence-electron chi connectivity index (χ2n) is 8.99. The van der Waals surface area contributed by atoms with Gasteiger partial charge in [0.2, 0.25) is 0 Å². The van der Waals surface area contributed by atoms with E-state index in [1.165, 1.54) is 11.1 Å². The second-order valence-corrected chi connectivity index (χ2v) is 8.99. The summed E-state index contributed by atoms with van der Waals surface area (Å²) in [5.74, 6) is 0.0237. The SMILES string of the molecule is O=C1c2cc(N[C@@H]3CCOC3)ccc2CCN1C[C@@H](O)CN1CCc2ccccc2C1. The van der Waals surface area contributed by atoms with E-state index in [9.17, 15) is 9.90 Å². The fraction of sp³-hybridized carbons (Fsp3) is 0.480. The van der Waals surface area contributed by atoms with E-state index in [0.717, 1.165) is 55.8 Å². The summed E-state index contributed by atoms with van der Waals surface area (Å²) in [6.45, 7) is 4.95. The van der Waals surface area contributed by atoms with Gasteiger partial charge in [0, 0.05) is 50.6 Å². The number of carbonyl (C=O) groups is 1. The van der Waals surface area contributed by atoms with E-state index in [0.29, 0.717) is 32.3 Å². The van der Waals surface area contributed by atoms with E-state index in [2.05, 4.69) is 46.6 Å². The van der Waals surface area contributed by atoms with E-state index in [1.807, 2.05) is 11.0 Å². The van der Waals surface area contributed by atoms with Crippen LogP contribution < -0.4 is 5.32 Å². The van der Waals surface area contributed by atoms with Gasteiger partial charge < -0.3 is 20.1 Å². The summed E-state index contributed by atoms with van der Waals surface area (Å²) in [7, 11) is 0. The highest BCUT2D eigenvalue weighted by molar-refractivity contribution is 5.97. The summed E-state index contributed by atoms with van der Waals surface area (Å²) < 4.78 is 5.44. The molecule has 0 aromatic heterocycles. The minimum Gasteiger partial charge on any atom is -0.390 e. The number of anilines is 1. The Balaban J connectivity index is 1.19. The summed E-state index contributed by atoms with van der Waals surface area (Å²) in [6, 6.07) is 14.9. The van der Waals surface area contributed by atoms with Gasteiger partial charge in [0.05, 0.1) is 18.8 Å². The summed E-state index contributed by atoms with van der Waals surface area (Å²) >= 11 is 0. The Morgan fingerprint density at radius 1 is 1.06 bits per heavy atom. The van der Waals surface area contributed by atoms with E-state index < -0.39 is 6.10 Å². The first-order valence-electron chi connectivity index (χ1n) is 11.4. The number of fused-ring (bicyclic) bond motifs is 2. The van der Waals surface area contributed by atoms with E-state index >= 15 is 0 Å². The molecule has 31 heavy (non-hydrogen) atoms. The lowest BCUT2D eigenvalue weighted by Gasteiger charge is -2.34. The van der Waals surface area contributed by atoms with Crippen molar-refractivity contribution < 1.29 is 14.6 Å². The number of aliphatic hydroxyl groups is 1. The molecule has 2 N–H and O–H groups in total. The number of aliphatic hydroxyl groups excluding tert-OH is 1. The van der Waals surface area contributed by atoms with Crippen molar-refractivity contribution >= 4 is 11.6 Å². The molecular weight excluding hydrogens is 390 g/mol. The van der Waals surface area contributed by atoms with Gasteiger partial charge in [-0.1, -0.05) is 30.3 Å². The fourth-order valence-corrected chi connectivity index (χ4v) is 4.99. The average molecular weight is 422 g/mol. The molecule has 0 saturated carbocycles. The highest BCUT2D eigenvalue weighted by Gasteiger charge is 2.28. The Morgan fingerprint density at radius 2 is 1.90 bits per heavy atom. The molecule has 3 aliphatic heterocycles. The third-order valence-corrected chi connectivity index (χ3v) is 6.69. The van der Waals surface area contributed by atoms with Crippen molar-refractivity contribution in [1.82, 2.24) is 9.80 Å². The molecule has 1 saturated heterocycles. The molecule has 1 fully saturated rings. The predicted molar refractivity (Wildman–Crippen MR) is 120 cm³/mol. The van der Waals surface area contributed by atoms with Crippen LogP contribution in [0.1, 0.15) is 33.5 Å². The smallest absolute Gasteiger partial charge is 0.254 e. The molecule has 0 unspecified atom stereocenters. The maximum atomic E-state index is 13.1. The van der Waals surface area contributed by atoms with Crippen molar-refractivity contribution in [2.75, 3.05) is 44.7 Å². The predicted octanol–water partition coefficient (Wildman–Crippen LogP) is 2.30. The van der Waals surface area contributed by atoms with Crippen LogP contribution >= 0.6 is 0 Å². The van der Waals surface area contributed by atoms with Crippen molar-refractivity contribution in [3.63, 3.8) is 0 Å². The fourth-order valence-electron chi connectivity index (χ4n) is 4.99. The van der Waals surface area contributed by atoms with Gasteiger partial charge in [0.25, 0.3) is 5.91 Å². The van der Waals surface area contributed by atoms with Gasteiger partial charge >= 0.3 is 0 Å². The Kier molecular flexibility index (Phi) is 5.94. The van der Waals surface area contributed by atoms with Crippen LogP contribution in [0.4, 0.5) is 5.69 Å². The van der Waals surface area contributed by atoms with Crippen LogP contribution in [0.2, 0.25) is 0 Å². The van der Waals surface area contributed by atoms with Gasteiger partial charge in [0.15, 0.2) is 0 Å². The number of β-amino-alcohol motifs (C(OH)–C–C–N with tert-alkyl or cyclic N) is 1. The lowest BCUT2D eigenvalue weighted by atomic mass is 9.97. The number of nitrogens with zero attached hydrogens (tertiary/aromatic N) is 2. The zero-order valence-corrected chi connectivity index (χ0v) is 17.9. The molecule has 2 aromatic carbocycles. The van der Waals surface area contributed by atoms with E-state index in [1.54, 1.807) is 0 Å². The normalized spacial score (nSPS) is 22.2. The standard InChI is InChI=1S/C25H31N3O3/c29-23(15-27-10-7-18-3-1-2-4-20(18)14-27)16-28-11-8-19-5-6-21(13-24(19)25(28)30)26-22-9-12-31-17-22/h1-6,13,22-23,26,29H,7-12,14-17H2/t22-,23+/m1/s1. The van der Waals surface area contributed by atoms with Gasteiger partial charge in [-0.05, 0) is 48.1 Å². The highest BCUT2D eigenvalue weighted by Crippen LogP contribution is 2.25. The van der Waals surface area contributed by atoms with Crippen molar-refractivity contribution in [2.24, 2.45) is 0 Å². The topological polar surface area (TPSA) is 65.0 Å². The lowest BCUT2D eigenvalue weighted by molar-refractivity contribution is 0.0493. The molecular formula is C25H31N3O3. The third kappa shape index (κ3) is 4.61. The Morgan fingerprint density at radius 3 is 2.74 bits per heavy atom. The molecule has 3 heterocycles. The molecule has 6 heteroatoms. The number of hydrogen-bond acceptors (Lipinski definition) is 5. The maximum Gasteiger partial charge on any atom is 0.254 e. The first kappa shape index (κ1) is 20.5. The number of benzene rings is 2. The molecule has 5 rings (SSSR count). The minimum atomic E-state index is -0.548. The van der Waals surface area contributed by atoms with Crippen LogP contribution in [0, 0.1) is 0 Å². The second kappa shape index (κ2) is 8.99.